The monoisotopic (exact) mass is 469 g/mol. The number of aryl methyl sites for hydroxylation is 1. The number of ether oxygens (including phenoxy) is 3. The minimum absolute atomic E-state index is 0.233. The van der Waals surface area contributed by atoms with Gasteiger partial charge in [-0.05, 0) is 54.4 Å². The van der Waals surface area contributed by atoms with Crippen molar-refractivity contribution in [2.24, 2.45) is 0 Å². The van der Waals surface area contributed by atoms with Gasteiger partial charge in [0.1, 0.15) is 13.2 Å². The molecule has 0 bridgehead atoms. The van der Waals surface area contributed by atoms with Crippen LogP contribution in [0.5, 0.6) is 11.5 Å². The van der Waals surface area contributed by atoms with E-state index in [9.17, 15) is 14.4 Å². The van der Waals surface area contributed by atoms with Gasteiger partial charge in [-0.3, -0.25) is 19.3 Å². The van der Waals surface area contributed by atoms with E-state index in [0.717, 1.165) is 40.6 Å². The first-order valence-electron chi connectivity index (χ1n) is 10.7. The molecule has 1 heterocycles. The van der Waals surface area contributed by atoms with Crippen LogP contribution >= 0.6 is 11.8 Å². The van der Waals surface area contributed by atoms with Crippen molar-refractivity contribution in [3.8, 4) is 11.5 Å². The quantitative estimate of drug-likeness (QED) is 0.276. The van der Waals surface area contributed by atoms with Gasteiger partial charge in [-0.1, -0.05) is 49.2 Å². The van der Waals surface area contributed by atoms with Gasteiger partial charge in [0.25, 0.3) is 11.1 Å². The summed E-state index contributed by atoms with van der Waals surface area (Å²) >= 11 is 0.792. The van der Waals surface area contributed by atoms with Crippen molar-refractivity contribution in [3.63, 3.8) is 0 Å². The van der Waals surface area contributed by atoms with E-state index < -0.39 is 17.1 Å². The molecule has 2 aromatic carbocycles. The van der Waals surface area contributed by atoms with Crippen molar-refractivity contribution < 1.29 is 28.6 Å². The first-order valence-corrected chi connectivity index (χ1v) is 11.5. The number of esters is 1. The zero-order valence-corrected chi connectivity index (χ0v) is 19.8. The third-order valence-corrected chi connectivity index (χ3v) is 5.79. The molecule has 0 spiro atoms. The maximum absolute atomic E-state index is 12.6. The Morgan fingerprint density at radius 3 is 2.67 bits per heavy atom. The van der Waals surface area contributed by atoms with E-state index in [-0.39, 0.29) is 18.1 Å². The van der Waals surface area contributed by atoms with Gasteiger partial charge in [0.05, 0.1) is 18.6 Å². The lowest BCUT2D eigenvalue weighted by Gasteiger charge is -2.12. The highest BCUT2D eigenvalue weighted by atomic mass is 32.2. The van der Waals surface area contributed by atoms with Crippen LogP contribution in [0, 0.1) is 6.92 Å². The number of imide groups is 1. The van der Waals surface area contributed by atoms with Gasteiger partial charge in [0.2, 0.25) is 0 Å². The standard InChI is InChI=1S/C25H27NO6S/c1-4-5-11-31-23(27)15-26-24(28)22(33-25(26)29)14-18-9-10-20(21(13-18)30-3)32-16-19-8-6-7-17(2)12-19/h6-10,12-14H,4-5,11,15-16H2,1-3H3/b22-14-. The van der Waals surface area contributed by atoms with Gasteiger partial charge in [0.15, 0.2) is 11.5 Å². The summed E-state index contributed by atoms with van der Waals surface area (Å²) in [7, 11) is 1.54. The highest BCUT2D eigenvalue weighted by Crippen LogP contribution is 2.34. The Morgan fingerprint density at radius 2 is 1.94 bits per heavy atom. The summed E-state index contributed by atoms with van der Waals surface area (Å²) in [6.07, 6.45) is 3.22. The molecule has 8 heteroatoms. The van der Waals surface area contributed by atoms with Gasteiger partial charge in [0, 0.05) is 0 Å². The molecule has 33 heavy (non-hydrogen) atoms. The van der Waals surface area contributed by atoms with Crippen LogP contribution in [-0.2, 0) is 20.9 Å². The minimum atomic E-state index is -0.594. The molecule has 0 saturated carbocycles. The zero-order valence-electron chi connectivity index (χ0n) is 19.0. The van der Waals surface area contributed by atoms with Crippen LogP contribution in [0.2, 0.25) is 0 Å². The molecule has 1 aliphatic heterocycles. The van der Waals surface area contributed by atoms with Crippen LogP contribution in [0.25, 0.3) is 6.08 Å². The third-order valence-electron chi connectivity index (χ3n) is 4.88. The van der Waals surface area contributed by atoms with E-state index in [1.165, 1.54) is 7.11 Å². The molecule has 0 N–H and O–H groups in total. The molecular formula is C25H27NO6S. The number of methoxy groups -OCH3 is 1. The van der Waals surface area contributed by atoms with Crippen LogP contribution in [0.4, 0.5) is 4.79 Å². The van der Waals surface area contributed by atoms with E-state index in [2.05, 4.69) is 6.07 Å². The number of unbranched alkanes of at least 4 members (excludes halogenated alkanes) is 1. The van der Waals surface area contributed by atoms with Gasteiger partial charge in [-0.15, -0.1) is 0 Å². The molecule has 0 aromatic heterocycles. The molecule has 0 radical (unpaired) electrons. The predicted molar refractivity (Wildman–Crippen MR) is 127 cm³/mol. The predicted octanol–water partition coefficient (Wildman–Crippen LogP) is 4.96. The van der Waals surface area contributed by atoms with E-state index in [1.807, 2.05) is 32.0 Å². The van der Waals surface area contributed by atoms with Crippen LogP contribution in [0.1, 0.15) is 36.5 Å². The van der Waals surface area contributed by atoms with Crippen molar-refractivity contribution in [2.45, 2.75) is 33.3 Å². The van der Waals surface area contributed by atoms with Crippen molar-refractivity contribution in [1.82, 2.24) is 4.90 Å². The Kier molecular flexibility index (Phi) is 8.54. The second-order valence-electron chi connectivity index (χ2n) is 7.53. The van der Waals surface area contributed by atoms with Crippen molar-refractivity contribution in [2.75, 3.05) is 20.3 Å². The van der Waals surface area contributed by atoms with Gasteiger partial charge in [-0.2, -0.15) is 0 Å². The second kappa shape index (κ2) is 11.6. The van der Waals surface area contributed by atoms with E-state index >= 15 is 0 Å². The number of hydrogen-bond donors (Lipinski definition) is 0. The largest absolute Gasteiger partial charge is 0.493 e. The fourth-order valence-electron chi connectivity index (χ4n) is 3.15. The average molecular weight is 470 g/mol. The first kappa shape index (κ1) is 24.4. The van der Waals surface area contributed by atoms with Crippen LogP contribution < -0.4 is 9.47 Å². The molecule has 0 atom stereocenters. The number of benzene rings is 2. The third kappa shape index (κ3) is 6.61. The summed E-state index contributed by atoms with van der Waals surface area (Å²) in [4.78, 5) is 37.9. The normalized spacial score (nSPS) is 14.6. The second-order valence-corrected chi connectivity index (χ2v) is 8.52. The number of rotatable bonds is 10. The topological polar surface area (TPSA) is 82.1 Å². The van der Waals surface area contributed by atoms with Crippen LogP contribution in [0.15, 0.2) is 47.4 Å². The lowest BCUT2D eigenvalue weighted by atomic mass is 10.1. The molecule has 7 nitrogen and oxygen atoms in total. The smallest absolute Gasteiger partial charge is 0.326 e. The maximum atomic E-state index is 12.6. The van der Waals surface area contributed by atoms with E-state index in [4.69, 9.17) is 14.2 Å². The Hall–Kier alpha value is -3.26. The summed E-state index contributed by atoms with van der Waals surface area (Å²) in [6.45, 7) is 4.29. The number of nitrogens with zero attached hydrogens (tertiary/aromatic N) is 1. The molecule has 1 aliphatic rings. The maximum Gasteiger partial charge on any atom is 0.326 e. The number of hydrogen-bond acceptors (Lipinski definition) is 7. The summed E-state index contributed by atoms with van der Waals surface area (Å²) in [5.41, 5.74) is 2.87. The summed E-state index contributed by atoms with van der Waals surface area (Å²) in [5, 5.41) is -0.497. The molecule has 2 amide bonds. The number of carbonyl (C=O) groups excluding carboxylic acids is 3. The Bertz CT molecular complexity index is 1060. The molecule has 1 saturated heterocycles. The number of carbonyl (C=O) groups is 3. The summed E-state index contributed by atoms with van der Waals surface area (Å²) < 4.78 is 16.4. The lowest BCUT2D eigenvalue weighted by molar-refractivity contribution is -0.146. The average Bonchev–Trinajstić information content (AvgIpc) is 3.05. The van der Waals surface area contributed by atoms with Crippen LogP contribution in [0.3, 0.4) is 0 Å². The fraction of sp³-hybridized carbons (Fsp3) is 0.320. The van der Waals surface area contributed by atoms with E-state index in [1.54, 1.807) is 24.3 Å². The number of thioether (sulfide) groups is 1. The van der Waals surface area contributed by atoms with Gasteiger partial charge < -0.3 is 14.2 Å². The van der Waals surface area contributed by atoms with Crippen molar-refractivity contribution >= 4 is 35.0 Å². The fourth-order valence-corrected chi connectivity index (χ4v) is 3.99. The molecule has 2 aromatic rings. The van der Waals surface area contributed by atoms with Crippen molar-refractivity contribution in [3.05, 3.63) is 64.1 Å². The lowest BCUT2D eigenvalue weighted by Crippen LogP contribution is -2.34. The molecule has 0 unspecified atom stereocenters. The molecular weight excluding hydrogens is 442 g/mol. The highest BCUT2D eigenvalue weighted by Gasteiger charge is 2.36. The summed E-state index contributed by atoms with van der Waals surface area (Å²) in [5.74, 6) is -0.0332. The van der Waals surface area contributed by atoms with Crippen LogP contribution in [-0.4, -0.2) is 42.3 Å². The van der Waals surface area contributed by atoms with E-state index in [0.29, 0.717) is 23.7 Å². The summed E-state index contributed by atoms with van der Waals surface area (Å²) in [6, 6.07) is 13.3. The first-order chi connectivity index (χ1) is 15.9. The molecule has 174 valence electrons. The Balaban J connectivity index is 1.67. The number of amides is 2. The molecule has 1 fully saturated rings. The SMILES string of the molecule is CCCCOC(=O)CN1C(=O)S/C(=C\c2ccc(OCc3cccc(C)c3)c(OC)c2)C1=O. The minimum Gasteiger partial charge on any atom is -0.493 e. The van der Waals surface area contributed by atoms with Crippen molar-refractivity contribution in [1.29, 1.82) is 0 Å². The zero-order chi connectivity index (χ0) is 23.8. The highest BCUT2D eigenvalue weighted by molar-refractivity contribution is 8.18. The molecule has 3 rings (SSSR count). The van der Waals surface area contributed by atoms with Gasteiger partial charge in [-0.25, -0.2) is 0 Å². The van der Waals surface area contributed by atoms with Gasteiger partial charge >= 0.3 is 5.97 Å². The Morgan fingerprint density at radius 1 is 1.12 bits per heavy atom. The molecule has 0 aliphatic carbocycles. The Labute approximate surface area is 197 Å².